The van der Waals surface area contributed by atoms with E-state index in [1.54, 1.807) is 33.4 Å². The zero-order valence-electron chi connectivity index (χ0n) is 18.4. The van der Waals surface area contributed by atoms with Gasteiger partial charge in [-0.3, -0.25) is 9.59 Å². The number of methoxy groups -OCH3 is 2. The number of nitrogens with zero attached hydrogens (tertiary/aromatic N) is 3. The molecule has 1 atom stereocenters. The summed E-state index contributed by atoms with van der Waals surface area (Å²) >= 11 is 6.42. The summed E-state index contributed by atoms with van der Waals surface area (Å²) in [5.41, 5.74) is 2.26. The lowest BCUT2D eigenvalue weighted by atomic mass is 9.97. The number of carbonyl (C=O) groups excluding carboxylic acids is 2. The van der Waals surface area contributed by atoms with E-state index in [2.05, 4.69) is 5.10 Å². The molecule has 2 aromatic rings. The Kier molecular flexibility index (Phi) is 6.37. The number of hydrogen-bond donors (Lipinski definition) is 0. The van der Waals surface area contributed by atoms with Gasteiger partial charge >= 0.3 is 0 Å². The molecule has 32 heavy (non-hydrogen) atoms. The SMILES string of the molecule is COc1ccc(OC)c(C2CC(c3ccccc3Cl)=NN2C(=O)CN(C)C(=O)C2CC2)c1. The first-order valence-corrected chi connectivity index (χ1v) is 10.9. The fraction of sp³-hybridized carbons (Fsp3) is 0.375. The van der Waals surface area contributed by atoms with Crippen molar-refractivity contribution < 1.29 is 19.1 Å². The number of benzene rings is 2. The quantitative estimate of drug-likeness (QED) is 0.634. The van der Waals surface area contributed by atoms with Crippen LogP contribution in [0.4, 0.5) is 0 Å². The van der Waals surface area contributed by atoms with E-state index in [4.69, 9.17) is 21.1 Å². The molecule has 1 heterocycles. The maximum Gasteiger partial charge on any atom is 0.262 e. The lowest BCUT2D eigenvalue weighted by Gasteiger charge is -2.26. The van der Waals surface area contributed by atoms with Gasteiger partial charge in [0.1, 0.15) is 18.0 Å². The Morgan fingerprint density at radius 2 is 1.91 bits per heavy atom. The second kappa shape index (κ2) is 9.20. The summed E-state index contributed by atoms with van der Waals surface area (Å²) < 4.78 is 11.0. The van der Waals surface area contributed by atoms with E-state index >= 15 is 0 Å². The van der Waals surface area contributed by atoms with Crippen molar-refractivity contribution >= 4 is 29.1 Å². The summed E-state index contributed by atoms with van der Waals surface area (Å²) in [5.74, 6) is 1.07. The number of hydrazone groups is 1. The second-order valence-electron chi connectivity index (χ2n) is 8.06. The minimum atomic E-state index is -0.414. The van der Waals surface area contributed by atoms with Crippen molar-refractivity contribution in [2.75, 3.05) is 27.8 Å². The topological polar surface area (TPSA) is 71.4 Å². The van der Waals surface area contributed by atoms with E-state index in [0.717, 1.165) is 24.0 Å². The fourth-order valence-corrected chi connectivity index (χ4v) is 4.18. The van der Waals surface area contributed by atoms with Gasteiger partial charge in [-0.25, -0.2) is 5.01 Å². The van der Waals surface area contributed by atoms with Crippen molar-refractivity contribution in [3.8, 4) is 11.5 Å². The first-order chi connectivity index (χ1) is 15.4. The molecule has 1 saturated carbocycles. The number of ether oxygens (including phenoxy) is 2. The largest absolute Gasteiger partial charge is 0.497 e. The molecule has 0 N–H and O–H groups in total. The summed E-state index contributed by atoms with van der Waals surface area (Å²) in [7, 11) is 4.84. The van der Waals surface area contributed by atoms with Gasteiger partial charge in [0.15, 0.2) is 0 Å². The van der Waals surface area contributed by atoms with Gasteiger partial charge in [0.2, 0.25) is 5.91 Å². The van der Waals surface area contributed by atoms with Crippen LogP contribution in [0.3, 0.4) is 0 Å². The van der Waals surface area contributed by atoms with Crippen LogP contribution in [-0.4, -0.2) is 55.2 Å². The first kappa shape index (κ1) is 22.1. The molecular formula is C24H26ClN3O4. The molecule has 1 fully saturated rings. The third kappa shape index (κ3) is 4.43. The Morgan fingerprint density at radius 3 is 2.56 bits per heavy atom. The average Bonchev–Trinajstić information content (AvgIpc) is 3.56. The van der Waals surface area contributed by atoms with Crippen LogP contribution in [0.2, 0.25) is 5.02 Å². The molecule has 4 rings (SSSR count). The number of hydrogen-bond acceptors (Lipinski definition) is 5. The van der Waals surface area contributed by atoms with E-state index in [0.29, 0.717) is 28.7 Å². The Balaban J connectivity index is 1.69. The van der Waals surface area contributed by atoms with Crippen molar-refractivity contribution in [3.63, 3.8) is 0 Å². The number of likely N-dealkylation sites (N-methyl/N-ethyl adjacent to an activating group) is 1. The molecule has 0 aromatic heterocycles. The molecule has 1 unspecified atom stereocenters. The number of carbonyl (C=O) groups is 2. The molecule has 0 bridgehead atoms. The standard InChI is InChI=1S/C24H26ClN3O4/c1-27(24(30)15-8-9-15)14-23(29)28-21(18-12-16(31-2)10-11-22(18)32-3)13-20(26-28)17-6-4-5-7-19(17)25/h4-7,10-12,15,21H,8-9,13-14H2,1-3H3. The highest BCUT2D eigenvalue weighted by Crippen LogP contribution is 2.40. The summed E-state index contributed by atoms with van der Waals surface area (Å²) in [4.78, 5) is 27.2. The zero-order chi connectivity index (χ0) is 22.8. The molecule has 0 spiro atoms. The van der Waals surface area contributed by atoms with Crippen molar-refractivity contribution in [1.29, 1.82) is 0 Å². The highest BCUT2D eigenvalue weighted by Gasteiger charge is 2.38. The highest BCUT2D eigenvalue weighted by molar-refractivity contribution is 6.34. The maximum atomic E-state index is 13.3. The van der Waals surface area contributed by atoms with Gasteiger partial charge in [-0.1, -0.05) is 29.8 Å². The molecule has 2 aromatic carbocycles. The van der Waals surface area contributed by atoms with Crippen LogP contribution >= 0.6 is 11.6 Å². The molecule has 7 nitrogen and oxygen atoms in total. The number of rotatable bonds is 7. The first-order valence-electron chi connectivity index (χ1n) is 10.5. The third-order valence-electron chi connectivity index (χ3n) is 5.82. The van der Waals surface area contributed by atoms with Gasteiger partial charge in [0.25, 0.3) is 5.91 Å². The molecule has 1 aliphatic heterocycles. The van der Waals surface area contributed by atoms with Crippen LogP contribution in [0.5, 0.6) is 11.5 Å². The van der Waals surface area contributed by atoms with E-state index in [9.17, 15) is 9.59 Å². The fourth-order valence-electron chi connectivity index (χ4n) is 3.94. The molecule has 2 aliphatic rings. The Bertz CT molecular complexity index is 1070. The molecule has 1 aliphatic carbocycles. The predicted molar refractivity (Wildman–Crippen MR) is 122 cm³/mol. The highest BCUT2D eigenvalue weighted by atomic mass is 35.5. The van der Waals surface area contributed by atoms with Crippen LogP contribution in [0.25, 0.3) is 0 Å². The average molecular weight is 456 g/mol. The Hall–Kier alpha value is -3.06. The van der Waals surface area contributed by atoms with Crippen molar-refractivity contribution in [2.45, 2.75) is 25.3 Å². The number of halogens is 1. The van der Waals surface area contributed by atoms with Crippen LogP contribution in [0, 0.1) is 5.92 Å². The summed E-state index contributed by atoms with van der Waals surface area (Å²) in [6.45, 7) is -0.0442. The molecular weight excluding hydrogens is 430 g/mol. The van der Waals surface area contributed by atoms with Gasteiger partial charge in [-0.15, -0.1) is 0 Å². The molecule has 0 saturated heterocycles. The van der Waals surface area contributed by atoms with E-state index < -0.39 is 6.04 Å². The summed E-state index contributed by atoms with van der Waals surface area (Å²) in [6.07, 6.45) is 2.23. The maximum absolute atomic E-state index is 13.3. The van der Waals surface area contributed by atoms with Gasteiger partial charge in [-0.2, -0.15) is 5.10 Å². The van der Waals surface area contributed by atoms with E-state index in [-0.39, 0.29) is 24.3 Å². The smallest absolute Gasteiger partial charge is 0.262 e. The summed E-state index contributed by atoms with van der Waals surface area (Å²) in [5, 5.41) is 6.68. The van der Waals surface area contributed by atoms with E-state index in [1.807, 2.05) is 30.3 Å². The van der Waals surface area contributed by atoms with Crippen molar-refractivity contribution in [2.24, 2.45) is 11.0 Å². The van der Waals surface area contributed by atoms with Crippen LogP contribution in [0.1, 0.15) is 36.4 Å². The Morgan fingerprint density at radius 1 is 1.16 bits per heavy atom. The van der Waals surface area contributed by atoms with E-state index in [1.165, 1.54) is 9.91 Å². The second-order valence-corrected chi connectivity index (χ2v) is 8.47. The van der Waals surface area contributed by atoms with Gasteiger partial charge < -0.3 is 14.4 Å². The molecule has 0 radical (unpaired) electrons. The lowest BCUT2D eigenvalue weighted by Crippen LogP contribution is -2.39. The minimum absolute atomic E-state index is 0.00312. The minimum Gasteiger partial charge on any atom is -0.497 e. The Labute approximate surface area is 192 Å². The van der Waals surface area contributed by atoms with Gasteiger partial charge in [-0.05, 0) is 37.1 Å². The summed E-state index contributed by atoms with van der Waals surface area (Å²) in [6, 6.07) is 12.5. The van der Waals surface area contributed by atoms with Gasteiger partial charge in [0.05, 0.1) is 26.0 Å². The monoisotopic (exact) mass is 455 g/mol. The number of amides is 2. The normalized spacial score (nSPS) is 17.7. The molecule has 2 amide bonds. The predicted octanol–water partition coefficient (Wildman–Crippen LogP) is 3.90. The van der Waals surface area contributed by atoms with Crippen molar-refractivity contribution in [3.05, 3.63) is 58.6 Å². The van der Waals surface area contributed by atoms with Crippen LogP contribution < -0.4 is 9.47 Å². The lowest BCUT2D eigenvalue weighted by molar-refractivity contribution is -0.141. The van der Waals surface area contributed by atoms with Crippen molar-refractivity contribution in [1.82, 2.24) is 9.91 Å². The van der Waals surface area contributed by atoms with Gasteiger partial charge in [0, 0.05) is 35.5 Å². The molecule has 168 valence electrons. The third-order valence-corrected chi connectivity index (χ3v) is 6.15. The zero-order valence-corrected chi connectivity index (χ0v) is 19.1. The molecule has 8 heteroatoms. The van der Waals surface area contributed by atoms with Crippen LogP contribution in [0.15, 0.2) is 47.6 Å². The van der Waals surface area contributed by atoms with Crippen LogP contribution in [-0.2, 0) is 9.59 Å².